The minimum absolute atomic E-state index is 0.0290. The van der Waals surface area contributed by atoms with Gasteiger partial charge < -0.3 is 10.8 Å². The van der Waals surface area contributed by atoms with Crippen LogP contribution >= 0.6 is 0 Å². The largest absolute Gasteiger partial charge is 0.395 e. The molecule has 0 saturated heterocycles. The molecule has 1 aliphatic rings. The van der Waals surface area contributed by atoms with Crippen LogP contribution in [-0.2, 0) is 0 Å². The Morgan fingerprint density at radius 1 is 1.56 bits per heavy atom. The molecule has 1 aliphatic carbocycles. The molecule has 0 spiro atoms. The molecule has 4 heteroatoms. The molecule has 0 radical (unpaired) electrons. The molecule has 2 atom stereocenters. The van der Waals surface area contributed by atoms with Crippen LogP contribution in [0, 0.1) is 0 Å². The Hall–Kier alpha value is -0.970. The van der Waals surface area contributed by atoms with E-state index < -0.39 is 0 Å². The minimum Gasteiger partial charge on any atom is -0.395 e. The average molecular weight is 249 g/mol. The van der Waals surface area contributed by atoms with Gasteiger partial charge in [-0.15, -0.1) is 0 Å². The number of nitrogens with two attached hydrogens (primary N) is 1. The zero-order valence-electron chi connectivity index (χ0n) is 11.0. The average Bonchev–Trinajstić information content (AvgIpc) is 2.28. The van der Waals surface area contributed by atoms with E-state index in [9.17, 15) is 5.11 Å². The number of hydrogen-bond acceptors (Lipinski definition) is 4. The number of pyridine rings is 1. The second-order valence-corrected chi connectivity index (χ2v) is 5.14. The summed E-state index contributed by atoms with van der Waals surface area (Å²) in [7, 11) is 0. The first kappa shape index (κ1) is 13.5. The van der Waals surface area contributed by atoms with E-state index in [-0.39, 0.29) is 18.7 Å². The van der Waals surface area contributed by atoms with E-state index in [4.69, 9.17) is 5.73 Å². The maximum atomic E-state index is 9.28. The Balaban J connectivity index is 2.21. The summed E-state index contributed by atoms with van der Waals surface area (Å²) in [5.41, 5.74) is 7.31. The molecule has 0 amide bonds. The smallest absolute Gasteiger partial charge is 0.0558 e. The predicted octanol–water partition coefficient (Wildman–Crippen LogP) is 1.32. The SMILES string of the molecule is CC(N)C(c1cccnc1)N(CCO)C1CCC1. The fourth-order valence-electron chi connectivity index (χ4n) is 2.73. The Kier molecular flexibility index (Phi) is 4.69. The summed E-state index contributed by atoms with van der Waals surface area (Å²) in [4.78, 5) is 6.54. The van der Waals surface area contributed by atoms with Gasteiger partial charge in [0.05, 0.1) is 12.6 Å². The van der Waals surface area contributed by atoms with Crippen molar-refractivity contribution in [3.8, 4) is 0 Å². The van der Waals surface area contributed by atoms with Crippen LogP contribution in [0.15, 0.2) is 24.5 Å². The summed E-state index contributed by atoms with van der Waals surface area (Å²) in [6.07, 6.45) is 7.37. The van der Waals surface area contributed by atoms with E-state index in [1.807, 2.05) is 19.2 Å². The Labute approximate surface area is 109 Å². The van der Waals surface area contributed by atoms with Crippen molar-refractivity contribution in [3.05, 3.63) is 30.1 Å². The van der Waals surface area contributed by atoms with E-state index in [2.05, 4.69) is 16.0 Å². The summed E-state index contributed by atoms with van der Waals surface area (Å²) in [5, 5.41) is 9.28. The molecule has 2 rings (SSSR count). The molecule has 1 aromatic heterocycles. The second-order valence-electron chi connectivity index (χ2n) is 5.14. The number of aliphatic hydroxyl groups is 1. The normalized spacial score (nSPS) is 19.6. The summed E-state index contributed by atoms with van der Waals surface area (Å²) in [6, 6.07) is 4.76. The van der Waals surface area contributed by atoms with Gasteiger partial charge in [0.1, 0.15) is 0 Å². The van der Waals surface area contributed by atoms with Gasteiger partial charge in [0, 0.05) is 31.0 Å². The molecular formula is C14H23N3O. The lowest BCUT2D eigenvalue weighted by atomic mass is 9.88. The van der Waals surface area contributed by atoms with Gasteiger partial charge in [0.2, 0.25) is 0 Å². The summed E-state index contributed by atoms with van der Waals surface area (Å²) in [6.45, 7) is 2.90. The third-order valence-corrected chi connectivity index (χ3v) is 3.78. The molecule has 0 aliphatic heterocycles. The second kappa shape index (κ2) is 6.27. The fraction of sp³-hybridized carbons (Fsp3) is 0.643. The number of hydrogen-bond donors (Lipinski definition) is 2. The Morgan fingerprint density at radius 2 is 2.33 bits per heavy atom. The highest BCUT2D eigenvalue weighted by molar-refractivity contribution is 5.16. The van der Waals surface area contributed by atoms with Crippen LogP contribution in [0.1, 0.15) is 37.8 Å². The topological polar surface area (TPSA) is 62.4 Å². The highest BCUT2D eigenvalue weighted by Crippen LogP contribution is 2.33. The minimum atomic E-state index is 0.0290. The van der Waals surface area contributed by atoms with Crippen molar-refractivity contribution in [2.75, 3.05) is 13.2 Å². The monoisotopic (exact) mass is 249 g/mol. The van der Waals surface area contributed by atoms with Gasteiger partial charge >= 0.3 is 0 Å². The quantitative estimate of drug-likeness (QED) is 0.798. The summed E-state index contributed by atoms with van der Waals surface area (Å²) < 4.78 is 0. The molecule has 18 heavy (non-hydrogen) atoms. The van der Waals surface area contributed by atoms with Crippen LogP contribution < -0.4 is 5.73 Å². The molecule has 1 aromatic rings. The van der Waals surface area contributed by atoms with Crippen molar-refractivity contribution < 1.29 is 5.11 Å². The van der Waals surface area contributed by atoms with Crippen molar-refractivity contribution in [3.63, 3.8) is 0 Å². The lowest BCUT2D eigenvalue weighted by molar-refractivity contribution is 0.0502. The molecule has 1 fully saturated rings. The van der Waals surface area contributed by atoms with Gasteiger partial charge in [-0.25, -0.2) is 0 Å². The van der Waals surface area contributed by atoms with Crippen LogP contribution in [0.2, 0.25) is 0 Å². The predicted molar refractivity (Wildman–Crippen MR) is 72.1 cm³/mol. The highest BCUT2D eigenvalue weighted by Gasteiger charge is 2.32. The van der Waals surface area contributed by atoms with Crippen molar-refractivity contribution in [1.82, 2.24) is 9.88 Å². The maximum absolute atomic E-state index is 9.28. The third kappa shape index (κ3) is 2.88. The van der Waals surface area contributed by atoms with Crippen molar-refractivity contribution in [1.29, 1.82) is 0 Å². The molecule has 1 saturated carbocycles. The molecular weight excluding hydrogens is 226 g/mol. The van der Waals surface area contributed by atoms with Crippen molar-refractivity contribution in [2.24, 2.45) is 5.73 Å². The van der Waals surface area contributed by atoms with Crippen molar-refractivity contribution in [2.45, 2.75) is 44.3 Å². The van der Waals surface area contributed by atoms with Crippen LogP contribution in [0.25, 0.3) is 0 Å². The zero-order chi connectivity index (χ0) is 13.0. The van der Waals surface area contributed by atoms with Crippen LogP contribution in [0.5, 0.6) is 0 Å². The molecule has 3 N–H and O–H groups in total. The van der Waals surface area contributed by atoms with Crippen molar-refractivity contribution >= 4 is 0 Å². The van der Waals surface area contributed by atoms with Crippen LogP contribution in [0.4, 0.5) is 0 Å². The van der Waals surface area contributed by atoms with Gasteiger partial charge in [-0.2, -0.15) is 0 Å². The van der Waals surface area contributed by atoms with E-state index in [0.717, 1.165) is 5.56 Å². The highest BCUT2D eigenvalue weighted by atomic mass is 16.3. The molecule has 4 nitrogen and oxygen atoms in total. The molecule has 0 aromatic carbocycles. The number of aliphatic hydroxyl groups excluding tert-OH is 1. The van der Waals surface area contributed by atoms with E-state index in [0.29, 0.717) is 12.6 Å². The lowest BCUT2D eigenvalue weighted by Crippen LogP contribution is -2.49. The van der Waals surface area contributed by atoms with E-state index >= 15 is 0 Å². The molecule has 2 unspecified atom stereocenters. The Morgan fingerprint density at radius 3 is 2.78 bits per heavy atom. The number of rotatable bonds is 6. The maximum Gasteiger partial charge on any atom is 0.0558 e. The molecule has 0 bridgehead atoms. The van der Waals surface area contributed by atoms with Crippen LogP contribution in [0.3, 0.4) is 0 Å². The summed E-state index contributed by atoms with van der Waals surface area (Å²) >= 11 is 0. The van der Waals surface area contributed by atoms with Crippen LogP contribution in [-0.4, -0.2) is 40.2 Å². The van der Waals surface area contributed by atoms with Gasteiger partial charge in [-0.05, 0) is 31.4 Å². The van der Waals surface area contributed by atoms with Gasteiger partial charge in [0.25, 0.3) is 0 Å². The number of nitrogens with zero attached hydrogens (tertiary/aromatic N) is 2. The van der Waals surface area contributed by atoms with Gasteiger partial charge in [-0.1, -0.05) is 12.5 Å². The third-order valence-electron chi connectivity index (χ3n) is 3.78. The first-order valence-corrected chi connectivity index (χ1v) is 6.76. The summed E-state index contributed by atoms with van der Waals surface area (Å²) in [5.74, 6) is 0. The van der Waals surface area contributed by atoms with Gasteiger partial charge in [-0.3, -0.25) is 9.88 Å². The molecule has 100 valence electrons. The Bertz CT molecular complexity index is 351. The fourth-order valence-corrected chi connectivity index (χ4v) is 2.73. The van der Waals surface area contributed by atoms with E-state index in [1.165, 1.54) is 19.3 Å². The lowest BCUT2D eigenvalue weighted by Gasteiger charge is -2.44. The first-order chi connectivity index (χ1) is 8.74. The zero-order valence-corrected chi connectivity index (χ0v) is 11.0. The van der Waals surface area contributed by atoms with E-state index in [1.54, 1.807) is 6.20 Å². The molecule has 1 heterocycles. The standard InChI is InChI=1S/C14H23N3O/c1-11(15)14(12-4-3-7-16-10-12)17(8-9-18)13-5-2-6-13/h3-4,7,10-11,13-14,18H,2,5-6,8-9,15H2,1H3. The number of aromatic nitrogens is 1. The first-order valence-electron chi connectivity index (χ1n) is 6.76. The van der Waals surface area contributed by atoms with Gasteiger partial charge in [0.15, 0.2) is 0 Å².